The van der Waals surface area contributed by atoms with Crippen LogP contribution in [-0.2, 0) is 7.05 Å². The first kappa shape index (κ1) is 8.04. The highest BCUT2D eigenvalue weighted by atomic mass is 19.1. The van der Waals surface area contributed by atoms with Gasteiger partial charge in [0.05, 0.1) is 0 Å². The summed E-state index contributed by atoms with van der Waals surface area (Å²) in [6.45, 7) is 0.671. The van der Waals surface area contributed by atoms with Gasteiger partial charge in [0, 0.05) is 32.1 Å². The fourth-order valence-corrected chi connectivity index (χ4v) is 1.24. The van der Waals surface area contributed by atoms with E-state index in [0.717, 1.165) is 5.82 Å². The number of hydrogen-bond donors (Lipinski definition) is 0. The molecule has 0 aliphatic carbocycles. The van der Waals surface area contributed by atoms with Crippen LogP contribution in [0.5, 0.6) is 0 Å². The Bertz CT molecular complexity index is 365. The van der Waals surface area contributed by atoms with Crippen molar-refractivity contribution in [3.05, 3.63) is 36.4 Å². The maximum atomic E-state index is 12.8. The molecule has 0 aromatic carbocycles. The van der Waals surface area contributed by atoms with Crippen molar-refractivity contribution in [1.82, 2.24) is 9.78 Å². The molecule has 3 nitrogen and oxygen atoms in total. The predicted molar refractivity (Wildman–Crippen MR) is 48.9 cm³/mol. The number of nitrogens with zero attached hydrogens (tertiary/aromatic N) is 3. The zero-order chi connectivity index (χ0) is 9.26. The van der Waals surface area contributed by atoms with E-state index in [4.69, 9.17) is 0 Å². The molecule has 0 N–H and O–H groups in total. The Morgan fingerprint density at radius 2 is 2.38 bits per heavy atom. The van der Waals surface area contributed by atoms with Crippen molar-refractivity contribution in [3.8, 4) is 0 Å². The molecule has 0 amide bonds. The third kappa shape index (κ3) is 1.61. The smallest absolute Gasteiger partial charge is 0.154 e. The molecule has 0 bridgehead atoms. The molecule has 0 fully saturated rings. The molecule has 0 radical (unpaired) electrons. The van der Waals surface area contributed by atoms with Crippen molar-refractivity contribution in [2.45, 2.75) is 0 Å². The van der Waals surface area contributed by atoms with Gasteiger partial charge in [-0.2, -0.15) is 5.10 Å². The van der Waals surface area contributed by atoms with E-state index in [0.29, 0.717) is 6.54 Å². The molecule has 2 heterocycles. The van der Waals surface area contributed by atoms with Crippen LogP contribution in [0.25, 0.3) is 0 Å². The number of anilines is 1. The second-order valence-electron chi connectivity index (χ2n) is 2.92. The van der Waals surface area contributed by atoms with Crippen LogP contribution in [0.1, 0.15) is 0 Å². The first-order chi connectivity index (χ1) is 6.25. The maximum Gasteiger partial charge on any atom is 0.154 e. The van der Waals surface area contributed by atoms with E-state index in [2.05, 4.69) is 5.10 Å². The summed E-state index contributed by atoms with van der Waals surface area (Å²) in [5.74, 6) is 0.527. The molecule has 4 heteroatoms. The third-order valence-electron chi connectivity index (χ3n) is 1.85. The van der Waals surface area contributed by atoms with Crippen molar-refractivity contribution in [2.75, 3.05) is 11.4 Å². The highest BCUT2D eigenvalue weighted by molar-refractivity contribution is 5.45. The summed E-state index contributed by atoms with van der Waals surface area (Å²) >= 11 is 0. The Hall–Kier alpha value is -1.58. The topological polar surface area (TPSA) is 21.1 Å². The molecule has 13 heavy (non-hydrogen) atoms. The molecule has 1 aromatic heterocycles. The molecular formula is C9H10FN3. The Morgan fingerprint density at radius 1 is 1.54 bits per heavy atom. The quantitative estimate of drug-likeness (QED) is 0.653. The predicted octanol–water partition coefficient (Wildman–Crippen LogP) is 1.61. The Morgan fingerprint density at radius 3 is 3.00 bits per heavy atom. The average molecular weight is 179 g/mol. The summed E-state index contributed by atoms with van der Waals surface area (Å²) in [5, 5.41) is 4.17. The second-order valence-corrected chi connectivity index (χ2v) is 2.92. The lowest BCUT2D eigenvalue weighted by Gasteiger charge is -2.17. The van der Waals surface area contributed by atoms with Gasteiger partial charge in [-0.3, -0.25) is 4.68 Å². The normalized spacial score (nSPS) is 16.2. The monoisotopic (exact) mass is 179 g/mol. The Kier molecular flexibility index (Phi) is 1.88. The standard InChI is InChI=1S/C9H10FN3/c1-12-6-4-9(11-12)13-5-2-3-8(10)7-13/h2-4,6-7H,5H2,1H3. The van der Waals surface area contributed by atoms with E-state index < -0.39 is 0 Å². The van der Waals surface area contributed by atoms with Crippen molar-refractivity contribution in [2.24, 2.45) is 7.05 Å². The molecule has 0 saturated heterocycles. The number of aromatic nitrogens is 2. The number of rotatable bonds is 1. The fraction of sp³-hybridized carbons (Fsp3) is 0.222. The molecule has 2 rings (SSSR count). The van der Waals surface area contributed by atoms with E-state index in [-0.39, 0.29) is 5.83 Å². The summed E-state index contributed by atoms with van der Waals surface area (Å²) in [4.78, 5) is 1.76. The number of halogens is 1. The van der Waals surface area contributed by atoms with Gasteiger partial charge in [-0.1, -0.05) is 6.08 Å². The largest absolute Gasteiger partial charge is 0.325 e. The number of aryl methyl sites for hydroxylation is 1. The zero-order valence-corrected chi connectivity index (χ0v) is 7.31. The first-order valence-corrected chi connectivity index (χ1v) is 4.06. The lowest BCUT2D eigenvalue weighted by molar-refractivity contribution is 0.653. The Balaban J connectivity index is 2.23. The molecule has 1 aromatic rings. The molecule has 0 unspecified atom stereocenters. The second kappa shape index (κ2) is 3.05. The highest BCUT2D eigenvalue weighted by Crippen LogP contribution is 2.16. The lowest BCUT2D eigenvalue weighted by atomic mass is 10.3. The molecule has 1 aliphatic rings. The van der Waals surface area contributed by atoms with Crippen LogP contribution in [0.15, 0.2) is 36.4 Å². The van der Waals surface area contributed by atoms with E-state index >= 15 is 0 Å². The number of allylic oxidation sites excluding steroid dienone is 2. The van der Waals surface area contributed by atoms with Crippen molar-refractivity contribution < 1.29 is 4.39 Å². The molecule has 0 saturated carbocycles. The van der Waals surface area contributed by atoms with Crippen molar-refractivity contribution in [1.29, 1.82) is 0 Å². The van der Waals surface area contributed by atoms with Crippen molar-refractivity contribution in [3.63, 3.8) is 0 Å². The van der Waals surface area contributed by atoms with Gasteiger partial charge in [0.1, 0.15) is 5.83 Å². The molecule has 68 valence electrons. The summed E-state index contributed by atoms with van der Waals surface area (Å²) in [5.41, 5.74) is 0. The van der Waals surface area contributed by atoms with Gasteiger partial charge in [-0.05, 0) is 6.08 Å². The van der Waals surface area contributed by atoms with Gasteiger partial charge in [0.25, 0.3) is 0 Å². The zero-order valence-electron chi connectivity index (χ0n) is 7.31. The van der Waals surface area contributed by atoms with E-state index in [9.17, 15) is 4.39 Å². The molecule has 0 atom stereocenters. The lowest BCUT2D eigenvalue weighted by Crippen LogP contribution is -2.19. The minimum absolute atomic E-state index is 0.239. The minimum atomic E-state index is -0.239. The van der Waals surface area contributed by atoms with Gasteiger partial charge in [-0.15, -0.1) is 0 Å². The number of hydrogen-bond acceptors (Lipinski definition) is 2. The summed E-state index contributed by atoms with van der Waals surface area (Å²) in [6, 6.07) is 1.85. The maximum absolute atomic E-state index is 12.8. The summed E-state index contributed by atoms with van der Waals surface area (Å²) in [6.07, 6.45) is 6.51. The SMILES string of the molecule is Cn1ccc(N2C=C(F)C=CC2)n1. The van der Waals surface area contributed by atoms with Crippen LogP contribution < -0.4 is 4.90 Å². The Labute approximate surface area is 75.8 Å². The first-order valence-electron chi connectivity index (χ1n) is 4.06. The van der Waals surface area contributed by atoms with Gasteiger partial charge < -0.3 is 4.90 Å². The third-order valence-corrected chi connectivity index (χ3v) is 1.85. The van der Waals surface area contributed by atoms with Crippen LogP contribution in [0, 0.1) is 0 Å². The van der Waals surface area contributed by atoms with E-state index in [1.165, 1.54) is 12.3 Å². The van der Waals surface area contributed by atoms with E-state index in [1.807, 2.05) is 19.3 Å². The van der Waals surface area contributed by atoms with Crippen LogP contribution in [0.4, 0.5) is 10.2 Å². The van der Waals surface area contributed by atoms with Gasteiger partial charge in [-0.25, -0.2) is 4.39 Å². The molecular weight excluding hydrogens is 169 g/mol. The van der Waals surface area contributed by atoms with Crippen molar-refractivity contribution >= 4 is 5.82 Å². The highest BCUT2D eigenvalue weighted by Gasteiger charge is 2.08. The van der Waals surface area contributed by atoms with E-state index in [1.54, 1.807) is 15.7 Å². The van der Waals surface area contributed by atoms with Gasteiger partial charge in [0.2, 0.25) is 0 Å². The average Bonchev–Trinajstić information content (AvgIpc) is 2.52. The summed E-state index contributed by atoms with van der Waals surface area (Å²) in [7, 11) is 1.84. The van der Waals surface area contributed by atoms with Crippen LogP contribution in [0.2, 0.25) is 0 Å². The van der Waals surface area contributed by atoms with Crippen LogP contribution in [-0.4, -0.2) is 16.3 Å². The summed E-state index contributed by atoms with van der Waals surface area (Å²) < 4.78 is 14.5. The van der Waals surface area contributed by atoms with Gasteiger partial charge >= 0.3 is 0 Å². The van der Waals surface area contributed by atoms with Crippen LogP contribution >= 0.6 is 0 Å². The van der Waals surface area contributed by atoms with Gasteiger partial charge in [0.15, 0.2) is 5.82 Å². The molecule has 0 spiro atoms. The fourth-order valence-electron chi connectivity index (χ4n) is 1.24. The molecule has 1 aliphatic heterocycles. The van der Waals surface area contributed by atoms with Crippen LogP contribution in [0.3, 0.4) is 0 Å². The minimum Gasteiger partial charge on any atom is -0.325 e.